The van der Waals surface area contributed by atoms with Gasteiger partial charge in [0.15, 0.2) is 12.1 Å². The molecule has 9 rings (SSSR count). The number of nitrogens with one attached hydrogen (secondary N) is 2. The van der Waals surface area contributed by atoms with Crippen LogP contribution in [0.3, 0.4) is 0 Å². The summed E-state index contributed by atoms with van der Waals surface area (Å²) in [6, 6.07) is 14.2. The van der Waals surface area contributed by atoms with Crippen LogP contribution >= 0.6 is 0 Å². The quantitative estimate of drug-likeness (QED) is 0.0280. The van der Waals surface area contributed by atoms with E-state index in [2.05, 4.69) is 44.5 Å². The van der Waals surface area contributed by atoms with Crippen molar-refractivity contribution in [2.24, 2.45) is 0 Å². The molecule has 4 saturated heterocycles. The van der Waals surface area contributed by atoms with Gasteiger partial charge in [-0.25, -0.2) is 8.78 Å². The first-order valence-corrected chi connectivity index (χ1v) is 26.3. The van der Waals surface area contributed by atoms with E-state index in [0.717, 1.165) is 94.6 Å². The fourth-order valence-electron chi connectivity index (χ4n) is 12.0. The van der Waals surface area contributed by atoms with Gasteiger partial charge in [0.25, 0.3) is 5.91 Å². The maximum Gasteiger partial charge on any atom is 0.319 e. The van der Waals surface area contributed by atoms with Gasteiger partial charge in [-0.1, -0.05) is 92.3 Å². The van der Waals surface area contributed by atoms with Crippen molar-refractivity contribution in [3.05, 3.63) is 113 Å². The number of aromatic nitrogens is 3. The van der Waals surface area contributed by atoms with Crippen LogP contribution in [0.25, 0.3) is 32.9 Å². The summed E-state index contributed by atoms with van der Waals surface area (Å²) in [5.41, 5.74) is 3.01. The number of hydrogen-bond donors (Lipinski definition) is 2. The van der Waals surface area contributed by atoms with Gasteiger partial charge in [0.05, 0.1) is 34.7 Å². The van der Waals surface area contributed by atoms with Crippen LogP contribution in [0.15, 0.2) is 79.5 Å². The summed E-state index contributed by atoms with van der Waals surface area (Å²) in [6.45, 7) is 12.0. The van der Waals surface area contributed by atoms with Gasteiger partial charge in [-0.2, -0.15) is 9.97 Å². The average Bonchev–Trinajstić information content (AvgIpc) is 4.06. The van der Waals surface area contributed by atoms with E-state index in [1.165, 1.54) is 6.07 Å². The third-order valence-corrected chi connectivity index (χ3v) is 15.8. The summed E-state index contributed by atoms with van der Waals surface area (Å²) in [4.78, 5) is 58.3. The molecule has 0 spiro atoms. The van der Waals surface area contributed by atoms with E-state index in [9.17, 15) is 14.4 Å². The lowest BCUT2D eigenvalue weighted by Crippen LogP contribution is -2.51. The van der Waals surface area contributed by atoms with Crippen LogP contribution in [-0.4, -0.2) is 126 Å². The summed E-state index contributed by atoms with van der Waals surface area (Å²) >= 11 is 0. The Bertz CT molecular complexity index is 2970. The number of carbonyl (C=O) groups is 3. The molecule has 4 fully saturated rings. The van der Waals surface area contributed by atoms with Gasteiger partial charge < -0.3 is 29.9 Å². The van der Waals surface area contributed by atoms with Gasteiger partial charge in [-0.3, -0.25) is 24.3 Å². The van der Waals surface area contributed by atoms with Crippen LogP contribution in [0.2, 0.25) is 0 Å². The Hall–Kier alpha value is -6.60. The molecule has 2 aromatic heterocycles. The lowest BCUT2D eigenvalue weighted by atomic mass is 9.94. The third kappa shape index (κ3) is 10.9. The van der Waals surface area contributed by atoms with Crippen LogP contribution in [0.5, 0.6) is 6.01 Å². The molecule has 74 heavy (non-hydrogen) atoms. The van der Waals surface area contributed by atoms with Crippen molar-refractivity contribution in [1.29, 1.82) is 0 Å². The van der Waals surface area contributed by atoms with Crippen LogP contribution in [0.4, 0.5) is 14.6 Å². The fourth-order valence-corrected chi connectivity index (χ4v) is 12.0. The van der Waals surface area contributed by atoms with Crippen LogP contribution in [0, 0.1) is 24.0 Å². The van der Waals surface area contributed by atoms with E-state index in [1.54, 1.807) is 55.5 Å². The zero-order chi connectivity index (χ0) is 51.9. The predicted molar refractivity (Wildman–Crippen MR) is 285 cm³/mol. The Morgan fingerprint density at radius 2 is 1.81 bits per heavy atom. The van der Waals surface area contributed by atoms with Crippen molar-refractivity contribution in [2.45, 2.75) is 120 Å². The summed E-state index contributed by atoms with van der Waals surface area (Å²) in [5, 5.41) is 7.87. The third-order valence-electron chi connectivity index (χ3n) is 15.8. The second kappa shape index (κ2) is 23.3. The summed E-state index contributed by atoms with van der Waals surface area (Å²) < 4.78 is 45.2. The maximum absolute atomic E-state index is 17.2. The molecule has 13 nitrogen and oxygen atoms in total. The van der Waals surface area contributed by atoms with E-state index in [4.69, 9.17) is 25.9 Å². The van der Waals surface area contributed by atoms with E-state index in [0.29, 0.717) is 96.5 Å². The lowest BCUT2D eigenvalue weighted by Gasteiger charge is -2.35. The smallest absolute Gasteiger partial charge is 0.319 e. The number of benzene rings is 3. The number of anilines is 1. The number of ether oxygens (including phenoxy) is 2. The van der Waals surface area contributed by atoms with Crippen molar-refractivity contribution >= 4 is 45.6 Å². The molecule has 0 radical (unpaired) electrons. The standard InChI is InChI=1S/C59H68F2N8O5/c1-6-44(24-26-50(71)62-4)67(5)57(72)51-39(17-14-19-41(51)35-70)16-12-10-8-9-11-13-29-73-36-45-27-28-59(30-38(3)32-69(45)59)37-74-58-65-55-48(56(66-58)68-33-42-22-23-43(34-68)64-42)31-63-54(53(55)61)47-20-15-18-40-21-25-49(60)46(7-2)52(40)47/h2,6,14-15,17-21,25,31,35,42-45,64H,1,3,8-13,16,22-24,26-30,32-34,36-37H2,4-5H3,(H,62,71). The molecule has 3 aromatic carbocycles. The maximum atomic E-state index is 17.2. The highest BCUT2D eigenvalue weighted by molar-refractivity contribution is 6.03. The first-order chi connectivity index (χ1) is 35.9. The molecule has 15 heteroatoms. The van der Waals surface area contributed by atoms with Crippen molar-refractivity contribution in [3.63, 3.8) is 0 Å². The summed E-state index contributed by atoms with van der Waals surface area (Å²) in [6.07, 6.45) is 22.0. The molecule has 5 unspecified atom stereocenters. The minimum atomic E-state index is -0.651. The summed E-state index contributed by atoms with van der Waals surface area (Å²) in [5.74, 6) is 1.49. The summed E-state index contributed by atoms with van der Waals surface area (Å²) in [7, 11) is 3.28. The molecular weight excluding hydrogens is 939 g/mol. The zero-order valence-corrected chi connectivity index (χ0v) is 42.8. The van der Waals surface area contributed by atoms with Gasteiger partial charge in [-0.15, -0.1) is 13.0 Å². The molecular formula is C59H68F2N8O5. The van der Waals surface area contributed by atoms with E-state index in [-0.39, 0.29) is 58.6 Å². The number of aldehydes is 1. The van der Waals surface area contributed by atoms with E-state index >= 15 is 8.78 Å². The lowest BCUT2D eigenvalue weighted by molar-refractivity contribution is -0.120. The Balaban J connectivity index is 0.794. The monoisotopic (exact) mass is 1010 g/mol. The number of carbonyl (C=O) groups excluding carboxylic acids is 3. The molecule has 0 saturated carbocycles. The minimum Gasteiger partial charge on any atom is -0.461 e. The number of amides is 2. The van der Waals surface area contributed by atoms with Gasteiger partial charge in [0, 0.05) is 87.6 Å². The number of fused-ring (bicyclic) bond motifs is 5. The molecule has 5 aromatic rings. The van der Waals surface area contributed by atoms with E-state index in [1.807, 2.05) is 18.2 Å². The molecule has 6 heterocycles. The molecule has 5 atom stereocenters. The number of halogens is 2. The first kappa shape index (κ1) is 52.3. The topological polar surface area (TPSA) is 142 Å². The van der Waals surface area contributed by atoms with Gasteiger partial charge in [-0.05, 0) is 74.8 Å². The number of nitrogens with zero attached hydrogens (tertiary/aromatic N) is 6. The minimum absolute atomic E-state index is 0.0242. The zero-order valence-electron chi connectivity index (χ0n) is 42.8. The highest BCUT2D eigenvalue weighted by Gasteiger charge is 2.51. The fraction of sp³-hybridized carbons (Fsp3) is 0.458. The number of rotatable bonds is 23. The highest BCUT2D eigenvalue weighted by atomic mass is 19.1. The van der Waals surface area contributed by atoms with Gasteiger partial charge in [0.1, 0.15) is 29.5 Å². The molecule has 4 aliphatic rings. The van der Waals surface area contributed by atoms with Crippen molar-refractivity contribution in [1.82, 2.24) is 35.4 Å². The Morgan fingerprint density at radius 1 is 1.04 bits per heavy atom. The first-order valence-electron chi connectivity index (χ1n) is 26.3. The van der Waals surface area contributed by atoms with E-state index < -0.39 is 11.6 Å². The van der Waals surface area contributed by atoms with Gasteiger partial charge >= 0.3 is 6.01 Å². The Morgan fingerprint density at radius 3 is 2.57 bits per heavy atom. The van der Waals surface area contributed by atoms with Crippen molar-refractivity contribution < 1.29 is 32.6 Å². The van der Waals surface area contributed by atoms with Crippen molar-refractivity contribution in [3.8, 4) is 29.6 Å². The van der Waals surface area contributed by atoms with Crippen LogP contribution in [0.1, 0.15) is 115 Å². The number of unbranched alkanes of at least 4 members (excludes halogenated alkanes) is 5. The molecule has 0 aliphatic carbocycles. The normalized spacial score (nSPS) is 20.7. The molecule has 2 amide bonds. The SMILES string of the molecule is C#Cc1c(F)ccc2cccc(-c3ncc4c(N5CC6CCC(C5)N6)nc(OCC56CCC(COCCCCCCCCc7cccc(C=O)c7C(=O)N(C)C(C=C)CCC(=O)NC)N5CC(=C)C6)nc4c3F)c12. The number of hydrogen-bond acceptors (Lipinski definition) is 11. The highest BCUT2D eigenvalue weighted by Crippen LogP contribution is 2.45. The number of terminal acetylenes is 1. The largest absolute Gasteiger partial charge is 0.461 e. The molecule has 2 bridgehead atoms. The Labute approximate surface area is 433 Å². The van der Waals surface area contributed by atoms with Crippen molar-refractivity contribution in [2.75, 3.05) is 58.5 Å². The van der Waals surface area contributed by atoms with Crippen LogP contribution < -0.4 is 20.3 Å². The second-order valence-electron chi connectivity index (χ2n) is 20.7. The average molecular weight is 1010 g/mol. The Kier molecular flexibility index (Phi) is 16.5. The number of pyridine rings is 1. The number of piperazine rings is 1. The van der Waals surface area contributed by atoms with Crippen LogP contribution in [-0.2, 0) is 16.0 Å². The predicted octanol–water partition coefficient (Wildman–Crippen LogP) is 9.15. The van der Waals surface area contributed by atoms with Gasteiger partial charge in [0.2, 0.25) is 5.91 Å². The number of aryl methyl sites for hydroxylation is 1. The number of likely N-dealkylation sites (N-methyl/N-ethyl adjacent to an activating group) is 1. The molecule has 4 aliphatic heterocycles. The molecule has 388 valence electrons. The molecule has 2 N–H and O–H groups in total. The second-order valence-corrected chi connectivity index (χ2v) is 20.7.